The number of hydrazone groups is 1. The summed E-state index contributed by atoms with van der Waals surface area (Å²) in [6, 6.07) is 18.1. The summed E-state index contributed by atoms with van der Waals surface area (Å²) >= 11 is 3.55. The Balaban J connectivity index is 1.44. The number of hydrogen-bond donors (Lipinski definition) is 0. The molecule has 3 aliphatic rings. The summed E-state index contributed by atoms with van der Waals surface area (Å²) in [5.41, 5.74) is 3.54. The monoisotopic (exact) mass is 493 g/mol. The quantitative estimate of drug-likeness (QED) is 0.362. The molecular formula is C23H16BrN3O5. The minimum atomic E-state index is -0.583. The molecule has 32 heavy (non-hydrogen) atoms. The maximum absolute atomic E-state index is 11.3. The van der Waals surface area contributed by atoms with Crippen LogP contribution in [0.15, 0.2) is 70.2 Å². The molecule has 0 aliphatic carbocycles. The zero-order valence-corrected chi connectivity index (χ0v) is 18.2. The Hall–Kier alpha value is -3.59. The first kappa shape index (κ1) is 19.1. The molecule has 0 fully saturated rings. The van der Waals surface area contributed by atoms with Crippen LogP contribution in [0.25, 0.3) is 0 Å². The molecular weight excluding hydrogens is 478 g/mol. The molecule has 8 nitrogen and oxygen atoms in total. The highest BCUT2D eigenvalue weighted by Crippen LogP contribution is 2.48. The molecule has 9 heteroatoms. The van der Waals surface area contributed by atoms with Gasteiger partial charge in [-0.1, -0.05) is 28.1 Å². The molecule has 0 amide bonds. The summed E-state index contributed by atoms with van der Waals surface area (Å²) in [5, 5.41) is 18.1. The van der Waals surface area contributed by atoms with Crippen LogP contribution in [0.1, 0.15) is 35.4 Å². The van der Waals surface area contributed by atoms with Crippen LogP contribution in [0.3, 0.4) is 0 Å². The molecule has 6 rings (SSSR count). The lowest BCUT2D eigenvalue weighted by atomic mass is 9.95. The molecule has 0 saturated carbocycles. The predicted octanol–water partition coefficient (Wildman–Crippen LogP) is 5.33. The highest BCUT2D eigenvalue weighted by atomic mass is 79.9. The van der Waals surface area contributed by atoms with Gasteiger partial charge in [-0.15, -0.1) is 0 Å². The number of nitro groups is 1. The summed E-state index contributed by atoms with van der Waals surface area (Å²) in [6.07, 6.45) is 0.0813. The number of ether oxygens (including phenoxy) is 3. The van der Waals surface area contributed by atoms with Gasteiger partial charge >= 0.3 is 0 Å². The fourth-order valence-corrected chi connectivity index (χ4v) is 4.70. The minimum Gasteiger partial charge on any atom is -0.464 e. The Bertz CT molecular complexity index is 1290. The van der Waals surface area contributed by atoms with E-state index >= 15 is 0 Å². The molecule has 0 N–H and O–H groups in total. The largest absolute Gasteiger partial charge is 0.464 e. The van der Waals surface area contributed by atoms with E-state index in [1.54, 1.807) is 12.1 Å². The van der Waals surface area contributed by atoms with Crippen LogP contribution in [0.5, 0.6) is 17.2 Å². The number of non-ortho nitro benzene ring substituents is 1. The van der Waals surface area contributed by atoms with E-state index in [4.69, 9.17) is 19.3 Å². The van der Waals surface area contributed by atoms with E-state index < -0.39 is 11.2 Å². The van der Waals surface area contributed by atoms with Gasteiger partial charge < -0.3 is 14.2 Å². The molecule has 3 aromatic carbocycles. The van der Waals surface area contributed by atoms with Gasteiger partial charge in [-0.3, -0.25) is 10.1 Å². The average molecular weight is 494 g/mol. The maximum Gasteiger partial charge on any atom is 0.269 e. The third-order valence-electron chi connectivity index (χ3n) is 5.82. The lowest BCUT2D eigenvalue weighted by Gasteiger charge is -2.38. The van der Waals surface area contributed by atoms with Gasteiger partial charge in [0.2, 0.25) is 13.0 Å². The van der Waals surface area contributed by atoms with Crippen molar-refractivity contribution in [1.29, 1.82) is 0 Å². The van der Waals surface area contributed by atoms with Crippen molar-refractivity contribution in [2.45, 2.75) is 18.7 Å². The molecule has 0 spiro atoms. The number of hydrogen-bond acceptors (Lipinski definition) is 7. The summed E-state index contributed by atoms with van der Waals surface area (Å²) in [4.78, 5) is 10.9. The Labute approximate surface area is 191 Å². The first-order chi connectivity index (χ1) is 15.6. The van der Waals surface area contributed by atoms with E-state index in [9.17, 15) is 10.1 Å². The Kier molecular flexibility index (Phi) is 4.32. The number of rotatable bonds is 3. The lowest BCUT2D eigenvalue weighted by molar-refractivity contribution is -0.385. The second-order valence-electron chi connectivity index (χ2n) is 7.72. The SMILES string of the molecule is O=[N+]([O-])c1cccc([C@H]2Oc3ccc(Br)cc3[C@H]3CC(c4ccc5c(c4)OCO5)=NN32)c1. The van der Waals surface area contributed by atoms with Crippen molar-refractivity contribution in [2.75, 3.05) is 6.79 Å². The van der Waals surface area contributed by atoms with Gasteiger partial charge in [0.05, 0.1) is 16.7 Å². The summed E-state index contributed by atoms with van der Waals surface area (Å²) in [5.74, 6) is 2.16. The number of nitro benzene ring substituents is 1. The Morgan fingerprint density at radius 2 is 1.88 bits per heavy atom. The van der Waals surface area contributed by atoms with Crippen molar-refractivity contribution in [1.82, 2.24) is 5.01 Å². The van der Waals surface area contributed by atoms with Crippen LogP contribution >= 0.6 is 15.9 Å². The number of fused-ring (bicyclic) bond motifs is 4. The fourth-order valence-electron chi connectivity index (χ4n) is 4.32. The van der Waals surface area contributed by atoms with Crippen molar-refractivity contribution < 1.29 is 19.1 Å². The normalized spacial score (nSPS) is 20.3. The first-order valence-corrected chi connectivity index (χ1v) is 10.8. The topological polar surface area (TPSA) is 86.4 Å². The van der Waals surface area contributed by atoms with Crippen molar-refractivity contribution >= 4 is 27.3 Å². The van der Waals surface area contributed by atoms with Gasteiger partial charge in [0.25, 0.3) is 5.69 Å². The van der Waals surface area contributed by atoms with Gasteiger partial charge in [-0.2, -0.15) is 5.10 Å². The molecule has 2 atom stereocenters. The van der Waals surface area contributed by atoms with Crippen LogP contribution in [-0.4, -0.2) is 22.4 Å². The Morgan fingerprint density at radius 1 is 1.03 bits per heavy atom. The third-order valence-corrected chi connectivity index (χ3v) is 6.32. The predicted molar refractivity (Wildman–Crippen MR) is 119 cm³/mol. The molecule has 0 aromatic heterocycles. The van der Waals surface area contributed by atoms with E-state index in [-0.39, 0.29) is 18.5 Å². The molecule has 3 aliphatic heterocycles. The molecule has 3 aromatic rings. The zero-order chi connectivity index (χ0) is 21.8. The van der Waals surface area contributed by atoms with E-state index in [0.29, 0.717) is 17.7 Å². The van der Waals surface area contributed by atoms with Crippen molar-refractivity contribution in [2.24, 2.45) is 5.10 Å². The smallest absolute Gasteiger partial charge is 0.269 e. The highest BCUT2D eigenvalue weighted by Gasteiger charge is 2.41. The van der Waals surface area contributed by atoms with Crippen LogP contribution < -0.4 is 14.2 Å². The van der Waals surface area contributed by atoms with E-state index in [1.165, 1.54) is 6.07 Å². The van der Waals surface area contributed by atoms with Crippen molar-refractivity contribution in [3.8, 4) is 17.2 Å². The van der Waals surface area contributed by atoms with Gasteiger partial charge in [-0.05, 0) is 36.4 Å². The zero-order valence-electron chi connectivity index (χ0n) is 16.6. The maximum atomic E-state index is 11.3. The standard InChI is InChI=1S/C23H16BrN3O5/c24-15-5-7-20-17(10-15)19-11-18(13-4-6-21-22(9-13)31-12-30-21)25-26(19)23(32-20)14-2-1-3-16(8-14)27(28)29/h1-10,19,23H,11-12H2/t19-,23-/m1/s1. The molecule has 0 saturated heterocycles. The molecule has 0 radical (unpaired) electrons. The number of benzene rings is 3. The second-order valence-corrected chi connectivity index (χ2v) is 8.63. The van der Waals surface area contributed by atoms with Crippen LogP contribution in [0.2, 0.25) is 0 Å². The fraction of sp³-hybridized carbons (Fsp3) is 0.174. The average Bonchev–Trinajstić information content (AvgIpc) is 3.45. The number of halogens is 1. The molecule has 0 unspecified atom stereocenters. The van der Waals surface area contributed by atoms with Crippen molar-refractivity contribution in [3.63, 3.8) is 0 Å². The van der Waals surface area contributed by atoms with Gasteiger partial charge in [-0.25, -0.2) is 5.01 Å². The van der Waals surface area contributed by atoms with Crippen LogP contribution in [0, 0.1) is 10.1 Å². The van der Waals surface area contributed by atoms with Gasteiger partial charge in [0.1, 0.15) is 5.75 Å². The Morgan fingerprint density at radius 3 is 2.75 bits per heavy atom. The molecule has 160 valence electrons. The van der Waals surface area contributed by atoms with Gasteiger partial charge in [0.15, 0.2) is 11.5 Å². The molecule has 3 heterocycles. The summed E-state index contributed by atoms with van der Waals surface area (Å²) in [7, 11) is 0. The third kappa shape index (κ3) is 3.08. The summed E-state index contributed by atoms with van der Waals surface area (Å²) in [6.45, 7) is 0.212. The first-order valence-electron chi connectivity index (χ1n) is 10.0. The summed E-state index contributed by atoms with van der Waals surface area (Å²) < 4.78 is 18.2. The second kappa shape index (κ2) is 7.23. The lowest BCUT2D eigenvalue weighted by Crippen LogP contribution is -2.33. The minimum absolute atomic E-state index is 0.0171. The van der Waals surface area contributed by atoms with Gasteiger partial charge in [0, 0.05) is 39.7 Å². The van der Waals surface area contributed by atoms with E-state index in [0.717, 1.165) is 32.8 Å². The molecule has 0 bridgehead atoms. The van der Waals surface area contributed by atoms with Crippen LogP contribution in [-0.2, 0) is 0 Å². The van der Waals surface area contributed by atoms with Crippen molar-refractivity contribution in [3.05, 3.63) is 91.9 Å². The number of nitrogens with zero attached hydrogens (tertiary/aromatic N) is 3. The van der Waals surface area contributed by atoms with E-state index in [1.807, 2.05) is 47.5 Å². The van der Waals surface area contributed by atoms with E-state index in [2.05, 4.69) is 15.9 Å². The van der Waals surface area contributed by atoms with Crippen LogP contribution in [0.4, 0.5) is 5.69 Å². The highest BCUT2D eigenvalue weighted by molar-refractivity contribution is 9.10.